The number of aliphatic hydroxyl groups is 1. The van der Waals surface area contributed by atoms with Crippen LogP contribution in [0, 0.1) is 0 Å². The normalized spacial score (nSPS) is 11.3. The molecule has 0 aliphatic carbocycles. The third kappa shape index (κ3) is 5.77. The van der Waals surface area contributed by atoms with Crippen molar-refractivity contribution >= 4 is 5.69 Å². The average Bonchev–Trinajstić information content (AvgIpc) is 2.29. The molecular weight excluding hydrogens is 247 g/mol. The summed E-state index contributed by atoms with van der Waals surface area (Å²) < 4.78 is 40.3. The van der Waals surface area contributed by atoms with Crippen LogP contribution in [0.15, 0.2) is 24.3 Å². The SMILES string of the molecule is OCCCCCNc1ccccc1OC(F)(F)F. The highest BCUT2D eigenvalue weighted by Gasteiger charge is 2.31. The maximum absolute atomic E-state index is 12.1. The summed E-state index contributed by atoms with van der Waals surface area (Å²) in [5, 5.41) is 11.5. The topological polar surface area (TPSA) is 41.5 Å². The molecule has 0 saturated carbocycles. The Kier molecular flexibility index (Phi) is 5.77. The van der Waals surface area contributed by atoms with Crippen LogP contribution >= 0.6 is 0 Å². The molecule has 0 amide bonds. The molecule has 6 heteroatoms. The third-order valence-electron chi connectivity index (χ3n) is 2.26. The van der Waals surface area contributed by atoms with Crippen molar-refractivity contribution in [1.29, 1.82) is 0 Å². The van der Waals surface area contributed by atoms with Crippen molar-refractivity contribution in [2.24, 2.45) is 0 Å². The summed E-state index contributed by atoms with van der Waals surface area (Å²) >= 11 is 0. The van der Waals surface area contributed by atoms with Crippen molar-refractivity contribution in [3.8, 4) is 5.75 Å². The molecule has 102 valence electrons. The van der Waals surface area contributed by atoms with E-state index in [1.54, 1.807) is 6.07 Å². The Bertz CT molecular complexity index is 355. The van der Waals surface area contributed by atoms with E-state index in [0.717, 1.165) is 12.8 Å². The largest absolute Gasteiger partial charge is 0.573 e. The molecule has 0 aromatic heterocycles. The summed E-state index contributed by atoms with van der Waals surface area (Å²) in [4.78, 5) is 0. The lowest BCUT2D eigenvalue weighted by Gasteiger charge is -2.14. The van der Waals surface area contributed by atoms with E-state index >= 15 is 0 Å². The lowest BCUT2D eigenvalue weighted by molar-refractivity contribution is -0.274. The van der Waals surface area contributed by atoms with Gasteiger partial charge in [-0.1, -0.05) is 12.1 Å². The number of para-hydroxylation sites is 2. The first-order valence-corrected chi connectivity index (χ1v) is 5.72. The number of benzene rings is 1. The van der Waals surface area contributed by atoms with E-state index in [4.69, 9.17) is 5.11 Å². The van der Waals surface area contributed by atoms with Gasteiger partial charge >= 0.3 is 6.36 Å². The van der Waals surface area contributed by atoms with Crippen molar-refractivity contribution in [3.05, 3.63) is 24.3 Å². The zero-order valence-corrected chi connectivity index (χ0v) is 9.83. The first-order valence-electron chi connectivity index (χ1n) is 5.72. The number of halogens is 3. The Morgan fingerprint density at radius 3 is 2.50 bits per heavy atom. The number of nitrogens with one attached hydrogen (secondary N) is 1. The van der Waals surface area contributed by atoms with Gasteiger partial charge in [0.25, 0.3) is 0 Å². The molecule has 0 aliphatic rings. The smallest absolute Gasteiger partial charge is 0.404 e. The zero-order chi connectivity index (χ0) is 13.4. The minimum absolute atomic E-state index is 0.133. The third-order valence-corrected chi connectivity index (χ3v) is 2.26. The highest BCUT2D eigenvalue weighted by Crippen LogP contribution is 2.29. The van der Waals surface area contributed by atoms with E-state index in [0.29, 0.717) is 18.7 Å². The van der Waals surface area contributed by atoms with Crippen molar-refractivity contribution in [1.82, 2.24) is 0 Å². The first-order chi connectivity index (χ1) is 8.53. The van der Waals surface area contributed by atoms with Crippen molar-refractivity contribution in [2.45, 2.75) is 25.6 Å². The molecule has 0 aliphatic heterocycles. The maximum atomic E-state index is 12.1. The number of rotatable bonds is 7. The predicted octanol–water partition coefficient (Wildman–Crippen LogP) is 3.16. The molecule has 0 bridgehead atoms. The van der Waals surface area contributed by atoms with Gasteiger partial charge < -0.3 is 15.2 Å². The van der Waals surface area contributed by atoms with E-state index in [2.05, 4.69) is 10.1 Å². The zero-order valence-electron chi connectivity index (χ0n) is 9.83. The average molecular weight is 263 g/mol. The van der Waals surface area contributed by atoms with Crippen LogP contribution in [0.3, 0.4) is 0 Å². The van der Waals surface area contributed by atoms with Gasteiger partial charge in [0.1, 0.15) is 0 Å². The molecule has 0 saturated heterocycles. The minimum Gasteiger partial charge on any atom is -0.404 e. The van der Waals surface area contributed by atoms with E-state index in [1.807, 2.05) is 0 Å². The Morgan fingerprint density at radius 1 is 1.11 bits per heavy atom. The number of alkyl halides is 3. The van der Waals surface area contributed by atoms with E-state index in [-0.39, 0.29) is 12.4 Å². The minimum atomic E-state index is -4.69. The maximum Gasteiger partial charge on any atom is 0.573 e. The molecule has 0 atom stereocenters. The van der Waals surface area contributed by atoms with Crippen LogP contribution in [0.5, 0.6) is 5.75 Å². The highest BCUT2D eigenvalue weighted by atomic mass is 19.4. The van der Waals surface area contributed by atoms with Gasteiger partial charge in [-0.05, 0) is 31.4 Å². The number of anilines is 1. The lowest BCUT2D eigenvalue weighted by atomic mass is 10.2. The molecule has 3 nitrogen and oxygen atoms in total. The monoisotopic (exact) mass is 263 g/mol. The molecule has 0 heterocycles. The van der Waals surface area contributed by atoms with Gasteiger partial charge in [-0.3, -0.25) is 0 Å². The van der Waals surface area contributed by atoms with Gasteiger partial charge in [-0.25, -0.2) is 0 Å². The van der Waals surface area contributed by atoms with Gasteiger partial charge in [-0.15, -0.1) is 13.2 Å². The van der Waals surface area contributed by atoms with Gasteiger partial charge in [0.05, 0.1) is 5.69 Å². The molecule has 0 spiro atoms. The van der Waals surface area contributed by atoms with Crippen molar-refractivity contribution in [2.75, 3.05) is 18.5 Å². The molecule has 18 heavy (non-hydrogen) atoms. The standard InChI is InChI=1S/C12H16F3NO2/c13-12(14,15)18-11-7-3-2-6-10(11)16-8-4-1-5-9-17/h2-3,6-7,16-17H,1,4-5,8-9H2. The number of hydrogen-bond donors (Lipinski definition) is 2. The second-order valence-corrected chi connectivity index (χ2v) is 3.76. The van der Waals surface area contributed by atoms with Crippen LogP contribution in [0.1, 0.15) is 19.3 Å². The summed E-state index contributed by atoms with van der Waals surface area (Å²) in [6, 6.07) is 5.92. The molecular formula is C12H16F3NO2. The van der Waals surface area contributed by atoms with Crippen LogP contribution < -0.4 is 10.1 Å². The molecule has 1 rings (SSSR count). The molecule has 0 radical (unpaired) electrons. The highest BCUT2D eigenvalue weighted by molar-refractivity contribution is 5.56. The van der Waals surface area contributed by atoms with Crippen LogP contribution in [0.4, 0.5) is 18.9 Å². The van der Waals surface area contributed by atoms with Crippen LogP contribution in [-0.2, 0) is 0 Å². The van der Waals surface area contributed by atoms with E-state index in [1.165, 1.54) is 18.2 Å². The van der Waals surface area contributed by atoms with Crippen molar-refractivity contribution in [3.63, 3.8) is 0 Å². The predicted molar refractivity (Wildman–Crippen MR) is 62.6 cm³/mol. The fourth-order valence-electron chi connectivity index (χ4n) is 1.46. The Morgan fingerprint density at radius 2 is 1.83 bits per heavy atom. The Labute approximate surface area is 104 Å². The molecule has 1 aromatic rings. The lowest BCUT2D eigenvalue weighted by Crippen LogP contribution is -2.18. The summed E-state index contributed by atoms with van der Waals surface area (Å²) in [6.07, 6.45) is -2.39. The summed E-state index contributed by atoms with van der Waals surface area (Å²) in [7, 11) is 0. The fraction of sp³-hybridized carbons (Fsp3) is 0.500. The van der Waals surface area contributed by atoms with Crippen LogP contribution in [-0.4, -0.2) is 24.6 Å². The van der Waals surface area contributed by atoms with Crippen molar-refractivity contribution < 1.29 is 23.0 Å². The number of aliphatic hydroxyl groups excluding tert-OH is 1. The van der Waals surface area contributed by atoms with Crippen LogP contribution in [0.25, 0.3) is 0 Å². The van der Waals surface area contributed by atoms with Gasteiger partial charge in [-0.2, -0.15) is 0 Å². The van der Waals surface area contributed by atoms with Gasteiger partial charge in [0.15, 0.2) is 5.75 Å². The number of ether oxygens (including phenoxy) is 1. The summed E-state index contributed by atoms with van der Waals surface area (Å²) in [5.41, 5.74) is 0.318. The van der Waals surface area contributed by atoms with Gasteiger partial charge in [0.2, 0.25) is 0 Å². The first kappa shape index (κ1) is 14.6. The summed E-state index contributed by atoms with van der Waals surface area (Å²) in [6.45, 7) is 0.673. The Balaban J connectivity index is 2.49. The second-order valence-electron chi connectivity index (χ2n) is 3.76. The Hall–Kier alpha value is -1.43. The molecule has 2 N–H and O–H groups in total. The van der Waals surface area contributed by atoms with Gasteiger partial charge in [0, 0.05) is 13.2 Å². The summed E-state index contributed by atoms with van der Waals surface area (Å²) in [5.74, 6) is -0.229. The molecule has 1 aromatic carbocycles. The second kappa shape index (κ2) is 7.10. The fourth-order valence-corrected chi connectivity index (χ4v) is 1.46. The molecule has 0 fully saturated rings. The number of unbranched alkanes of at least 4 members (excludes halogenated alkanes) is 2. The number of hydrogen-bond acceptors (Lipinski definition) is 3. The van der Waals surface area contributed by atoms with E-state index in [9.17, 15) is 13.2 Å². The molecule has 0 unspecified atom stereocenters. The quantitative estimate of drug-likeness (QED) is 0.742. The van der Waals surface area contributed by atoms with E-state index < -0.39 is 6.36 Å². The van der Waals surface area contributed by atoms with Crippen LogP contribution in [0.2, 0.25) is 0 Å².